The van der Waals surface area contributed by atoms with Crippen molar-refractivity contribution in [1.29, 1.82) is 0 Å². The first-order valence-electron chi connectivity index (χ1n) is 6.41. The Labute approximate surface area is 113 Å². The number of nitrogen functional groups attached to an aromatic ring is 1. The van der Waals surface area contributed by atoms with Crippen LogP contribution in [0.15, 0.2) is 11.4 Å². The minimum atomic E-state index is -0.195. The summed E-state index contributed by atoms with van der Waals surface area (Å²) in [5, 5.41) is 1.94. The van der Waals surface area contributed by atoms with Crippen molar-refractivity contribution in [3.8, 4) is 0 Å². The summed E-state index contributed by atoms with van der Waals surface area (Å²) in [6.07, 6.45) is 1.18. The highest BCUT2D eigenvalue weighted by atomic mass is 32.1. The van der Waals surface area contributed by atoms with Crippen LogP contribution < -0.4 is 11.3 Å². The third-order valence-corrected chi connectivity index (χ3v) is 4.15. The summed E-state index contributed by atoms with van der Waals surface area (Å²) in [5.41, 5.74) is 3.27. The van der Waals surface area contributed by atoms with Crippen molar-refractivity contribution in [3.05, 3.63) is 21.9 Å². The zero-order valence-corrected chi connectivity index (χ0v) is 12.2. The summed E-state index contributed by atoms with van der Waals surface area (Å²) in [7, 11) is 0. The minimum Gasteiger partial charge on any atom is -0.299 e. The summed E-state index contributed by atoms with van der Waals surface area (Å²) >= 11 is 1.44. The highest BCUT2D eigenvalue weighted by Gasteiger charge is 2.15. The van der Waals surface area contributed by atoms with Gasteiger partial charge in [-0.3, -0.25) is 15.1 Å². The van der Waals surface area contributed by atoms with Crippen LogP contribution in [0.1, 0.15) is 42.4 Å². The van der Waals surface area contributed by atoms with Gasteiger partial charge in [0, 0.05) is 13.1 Å². The van der Waals surface area contributed by atoms with E-state index in [1.165, 1.54) is 17.8 Å². The average molecular weight is 269 g/mol. The molecule has 0 aliphatic rings. The lowest BCUT2D eigenvalue weighted by molar-refractivity contribution is 0.0955. The number of hydrazine groups is 1. The molecule has 1 amide bonds. The molecule has 102 valence electrons. The zero-order valence-electron chi connectivity index (χ0n) is 11.4. The van der Waals surface area contributed by atoms with Gasteiger partial charge in [0.1, 0.15) is 0 Å². The Morgan fingerprint density at radius 3 is 2.83 bits per heavy atom. The molecule has 1 atom stereocenters. The van der Waals surface area contributed by atoms with Crippen molar-refractivity contribution < 1.29 is 4.79 Å². The molecule has 0 spiro atoms. The van der Waals surface area contributed by atoms with Gasteiger partial charge in [-0.05, 0) is 29.5 Å². The molecule has 0 saturated carbocycles. The molecule has 4 nitrogen and oxygen atoms in total. The molecule has 1 unspecified atom stereocenters. The molecule has 18 heavy (non-hydrogen) atoms. The fraction of sp³-hybridized carbons (Fsp3) is 0.615. The van der Waals surface area contributed by atoms with Crippen molar-refractivity contribution in [2.45, 2.75) is 33.7 Å². The molecular formula is C13H23N3OS. The van der Waals surface area contributed by atoms with E-state index in [0.717, 1.165) is 30.1 Å². The van der Waals surface area contributed by atoms with E-state index in [1.807, 2.05) is 11.4 Å². The second kappa shape index (κ2) is 7.51. The van der Waals surface area contributed by atoms with Gasteiger partial charge in [0.05, 0.1) is 4.88 Å². The smallest absolute Gasteiger partial charge is 0.275 e. The quantitative estimate of drug-likeness (QED) is 0.453. The van der Waals surface area contributed by atoms with Gasteiger partial charge in [0.15, 0.2) is 0 Å². The molecule has 0 fully saturated rings. The van der Waals surface area contributed by atoms with Crippen LogP contribution in [0.3, 0.4) is 0 Å². The number of amides is 1. The normalized spacial score (nSPS) is 12.7. The summed E-state index contributed by atoms with van der Waals surface area (Å²) in [6, 6.07) is 2.01. The summed E-state index contributed by atoms with van der Waals surface area (Å²) in [5.74, 6) is 5.67. The Morgan fingerprint density at radius 1 is 1.56 bits per heavy atom. The van der Waals surface area contributed by atoms with Crippen molar-refractivity contribution in [1.82, 2.24) is 10.3 Å². The van der Waals surface area contributed by atoms with Crippen LogP contribution in [-0.4, -0.2) is 23.9 Å². The predicted molar refractivity (Wildman–Crippen MR) is 76.4 cm³/mol. The van der Waals surface area contributed by atoms with E-state index in [9.17, 15) is 4.79 Å². The number of thiophene rings is 1. The van der Waals surface area contributed by atoms with E-state index >= 15 is 0 Å². The molecule has 0 aromatic carbocycles. The number of nitrogens with two attached hydrogens (primary N) is 1. The molecule has 1 aromatic heterocycles. The molecule has 3 N–H and O–H groups in total. The van der Waals surface area contributed by atoms with Crippen LogP contribution in [0.2, 0.25) is 0 Å². The second-order valence-electron chi connectivity index (χ2n) is 4.59. The van der Waals surface area contributed by atoms with E-state index in [0.29, 0.717) is 5.92 Å². The van der Waals surface area contributed by atoms with Crippen molar-refractivity contribution in [2.24, 2.45) is 11.8 Å². The first-order valence-corrected chi connectivity index (χ1v) is 7.29. The first-order chi connectivity index (χ1) is 8.62. The largest absolute Gasteiger partial charge is 0.299 e. The monoisotopic (exact) mass is 269 g/mol. The average Bonchev–Trinajstić information content (AvgIpc) is 2.84. The highest BCUT2D eigenvalue weighted by Crippen LogP contribution is 2.19. The van der Waals surface area contributed by atoms with E-state index in [-0.39, 0.29) is 5.91 Å². The highest BCUT2D eigenvalue weighted by molar-refractivity contribution is 7.12. The lowest BCUT2D eigenvalue weighted by Gasteiger charge is -2.23. The molecule has 1 heterocycles. The predicted octanol–water partition coefficient (Wildman–Crippen LogP) is 2.22. The summed E-state index contributed by atoms with van der Waals surface area (Å²) in [4.78, 5) is 14.7. The molecule has 0 bridgehead atoms. The van der Waals surface area contributed by atoms with Crippen LogP contribution in [-0.2, 0) is 6.54 Å². The van der Waals surface area contributed by atoms with Crippen LogP contribution in [0.4, 0.5) is 0 Å². The first kappa shape index (κ1) is 15.1. The molecule has 1 rings (SSSR count). The van der Waals surface area contributed by atoms with Crippen LogP contribution in [0, 0.1) is 5.92 Å². The number of rotatable bonds is 7. The van der Waals surface area contributed by atoms with Gasteiger partial charge >= 0.3 is 0 Å². The molecule has 0 saturated heterocycles. The molecule has 5 heteroatoms. The van der Waals surface area contributed by atoms with E-state index in [4.69, 9.17) is 5.84 Å². The number of carbonyl (C=O) groups is 1. The Hall–Kier alpha value is -0.910. The van der Waals surface area contributed by atoms with Gasteiger partial charge in [-0.25, -0.2) is 5.84 Å². The Morgan fingerprint density at radius 2 is 2.28 bits per heavy atom. The Bertz CT molecular complexity index is 378. The van der Waals surface area contributed by atoms with Gasteiger partial charge in [-0.15, -0.1) is 11.3 Å². The maximum Gasteiger partial charge on any atom is 0.275 e. The van der Waals surface area contributed by atoms with Crippen molar-refractivity contribution in [2.75, 3.05) is 13.1 Å². The topological polar surface area (TPSA) is 58.4 Å². The number of hydrogen-bond acceptors (Lipinski definition) is 4. The summed E-state index contributed by atoms with van der Waals surface area (Å²) in [6.45, 7) is 9.47. The van der Waals surface area contributed by atoms with Crippen molar-refractivity contribution in [3.63, 3.8) is 0 Å². The number of carbonyl (C=O) groups excluding carboxylic acids is 1. The number of nitrogens with one attached hydrogen (secondary N) is 1. The van der Waals surface area contributed by atoms with E-state index in [2.05, 4.69) is 31.1 Å². The van der Waals surface area contributed by atoms with Gasteiger partial charge in [-0.1, -0.05) is 27.2 Å². The number of nitrogens with zero attached hydrogens (tertiary/aromatic N) is 1. The lowest BCUT2D eigenvalue weighted by atomic mass is 10.1. The third-order valence-electron chi connectivity index (χ3n) is 3.19. The molecule has 0 radical (unpaired) electrons. The zero-order chi connectivity index (χ0) is 13.5. The van der Waals surface area contributed by atoms with Gasteiger partial charge < -0.3 is 0 Å². The van der Waals surface area contributed by atoms with E-state index in [1.54, 1.807) is 0 Å². The van der Waals surface area contributed by atoms with Crippen LogP contribution in [0.25, 0.3) is 0 Å². The molecule has 1 aromatic rings. The maximum absolute atomic E-state index is 11.6. The van der Waals surface area contributed by atoms with Crippen molar-refractivity contribution >= 4 is 17.2 Å². The van der Waals surface area contributed by atoms with Gasteiger partial charge in [0.2, 0.25) is 0 Å². The lowest BCUT2D eigenvalue weighted by Crippen LogP contribution is -2.32. The van der Waals surface area contributed by atoms with Crippen LogP contribution >= 0.6 is 11.3 Å². The fourth-order valence-electron chi connectivity index (χ4n) is 1.84. The van der Waals surface area contributed by atoms with Gasteiger partial charge in [-0.2, -0.15) is 0 Å². The second-order valence-corrected chi connectivity index (χ2v) is 5.51. The Balaban J connectivity index is 2.70. The van der Waals surface area contributed by atoms with Crippen LogP contribution in [0.5, 0.6) is 0 Å². The fourth-order valence-corrected chi connectivity index (χ4v) is 2.66. The standard InChI is InChI=1S/C13H23N3OS/c1-4-10(3)8-16(5-2)9-11-6-7-18-12(11)13(17)15-14/h6-7,10H,4-5,8-9,14H2,1-3H3,(H,15,17). The minimum absolute atomic E-state index is 0.195. The maximum atomic E-state index is 11.6. The third kappa shape index (κ3) is 4.08. The number of hydrogen-bond donors (Lipinski definition) is 2. The molecular weight excluding hydrogens is 246 g/mol. The molecule has 0 aliphatic carbocycles. The van der Waals surface area contributed by atoms with E-state index < -0.39 is 0 Å². The molecule has 0 aliphatic heterocycles. The SMILES string of the molecule is CCC(C)CN(CC)Cc1ccsc1C(=O)NN. The van der Waals surface area contributed by atoms with Gasteiger partial charge in [0.25, 0.3) is 5.91 Å². The summed E-state index contributed by atoms with van der Waals surface area (Å²) < 4.78 is 0. The Kier molecular flexibility index (Phi) is 6.32.